The maximum absolute atomic E-state index is 13.1. The maximum atomic E-state index is 13.1. The lowest BCUT2D eigenvalue weighted by atomic mass is 10.0. The van der Waals surface area contributed by atoms with Gasteiger partial charge in [-0.2, -0.15) is 0 Å². The third-order valence-corrected chi connectivity index (χ3v) is 5.67. The van der Waals surface area contributed by atoms with Gasteiger partial charge in [0.2, 0.25) is 11.1 Å². The molecule has 0 fully saturated rings. The number of rotatable bonds is 6. The molecule has 1 aromatic heterocycles. The first-order valence-corrected chi connectivity index (χ1v) is 9.83. The van der Waals surface area contributed by atoms with E-state index in [9.17, 15) is 4.79 Å². The summed E-state index contributed by atoms with van der Waals surface area (Å²) in [6.07, 6.45) is 0. The predicted molar refractivity (Wildman–Crippen MR) is 102 cm³/mol. The lowest BCUT2D eigenvalue weighted by Crippen LogP contribution is -2.46. The molecular weight excluding hydrogens is 350 g/mol. The highest BCUT2D eigenvalue weighted by Crippen LogP contribution is 2.38. The van der Waals surface area contributed by atoms with Crippen molar-refractivity contribution in [3.8, 4) is 5.75 Å². The Morgan fingerprint density at radius 2 is 1.92 bits per heavy atom. The molecule has 2 heterocycles. The molecule has 1 aliphatic rings. The number of ether oxygens (including phenoxy) is 1. The van der Waals surface area contributed by atoms with E-state index < -0.39 is 0 Å². The third-order valence-electron chi connectivity index (χ3n) is 4.47. The monoisotopic (exact) mass is 375 g/mol. The summed E-state index contributed by atoms with van der Waals surface area (Å²) < 4.78 is 7.39. The second-order valence-corrected chi connectivity index (χ2v) is 7.13. The molecular formula is C18H25N5O2S. The van der Waals surface area contributed by atoms with Crippen LogP contribution >= 0.6 is 11.8 Å². The van der Waals surface area contributed by atoms with Gasteiger partial charge in [0.15, 0.2) is 0 Å². The van der Waals surface area contributed by atoms with Crippen molar-refractivity contribution in [2.75, 3.05) is 25.1 Å². The van der Waals surface area contributed by atoms with Crippen LogP contribution in [-0.2, 0) is 4.79 Å². The predicted octanol–water partition coefficient (Wildman–Crippen LogP) is 2.61. The Balaban J connectivity index is 1.95. The number of carbonyl (C=O) groups excluding carboxylic acids is 1. The average molecular weight is 375 g/mol. The van der Waals surface area contributed by atoms with Crippen LogP contribution in [0.25, 0.3) is 0 Å². The SMILES string of the molecule is CCOc1ccc([C@H]2Nn3c(C)nnc3S[C@@H]2C(=O)N(CC)CC)cc1. The van der Waals surface area contributed by atoms with Gasteiger partial charge in [0.1, 0.15) is 16.8 Å². The molecule has 2 aromatic rings. The summed E-state index contributed by atoms with van der Waals surface area (Å²) in [7, 11) is 0. The highest BCUT2D eigenvalue weighted by atomic mass is 32.2. The first kappa shape index (κ1) is 18.6. The summed E-state index contributed by atoms with van der Waals surface area (Å²) in [4.78, 5) is 15.0. The van der Waals surface area contributed by atoms with E-state index in [-0.39, 0.29) is 17.2 Å². The molecule has 3 rings (SSSR count). The van der Waals surface area contributed by atoms with Crippen LogP contribution in [0.4, 0.5) is 0 Å². The van der Waals surface area contributed by atoms with E-state index in [0.717, 1.165) is 22.3 Å². The van der Waals surface area contributed by atoms with Gasteiger partial charge in [-0.3, -0.25) is 4.79 Å². The Kier molecular flexibility index (Phi) is 5.70. The number of aromatic nitrogens is 3. The van der Waals surface area contributed by atoms with Gasteiger partial charge >= 0.3 is 0 Å². The normalized spacial score (nSPS) is 18.8. The van der Waals surface area contributed by atoms with E-state index in [1.807, 2.05) is 61.5 Å². The quantitative estimate of drug-likeness (QED) is 0.837. The summed E-state index contributed by atoms with van der Waals surface area (Å²) in [5.74, 6) is 1.71. The summed E-state index contributed by atoms with van der Waals surface area (Å²) in [5.41, 5.74) is 4.46. The number of hydrogen-bond donors (Lipinski definition) is 1. The molecule has 0 aliphatic carbocycles. The fraction of sp³-hybridized carbons (Fsp3) is 0.500. The largest absolute Gasteiger partial charge is 0.494 e. The zero-order valence-corrected chi connectivity index (χ0v) is 16.4. The number of fused-ring (bicyclic) bond motifs is 1. The number of aryl methyl sites for hydroxylation is 1. The topological polar surface area (TPSA) is 72.3 Å². The summed E-state index contributed by atoms with van der Waals surface area (Å²) in [6.45, 7) is 9.86. The molecule has 0 unspecified atom stereocenters. The Hall–Kier alpha value is -2.22. The lowest BCUT2D eigenvalue weighted by molar-refractivity contribution is -0.130. The van der Waals surface area contributed by atoms with Crippen molar-refractivity contribution in [3.05, 3.63) is 35.7 Å². The fourth-order valence-electron chi connectivity index (χ4n) is 3.05. The fourth-order valence-corrected chi connectivity index (χ4v) is 4.26. The van der Waals surface area contributed by atoms with Crippen molar-refractivity contribution in [3.63, 3.8) is 0 Å². The van der Waals surface area contributed by atoms with Crippen molar-refractivity contribution in [2.24, 2.45) is 0 Å². The number of benzene rings is 1. The van der Waals surface area contributed by atoms with Gasteiger partial charge < -0.3 is 15.1 Å². The second kappa shape index (κ2) is 7.99. The summed E-state index contributed by atoms with van der Waals surface area (Å²) >= 11 is 1.47. The molecule has 0 saturated heterocycles. The minimum absolute atomic E-state index is 0.110. The molecule has 140 valence electrons. The van der Waals surface area contributed by atoms with Crippen LogP contribution in [0.5, 0.6) is 5.75 Å². The minimum Gasteiger partial charge on any atom is -0.494 e. The molecule has 26 heavy (non-hydrogen) atoms. The molecule has 8 heteroatoms. The van der Waals surface area contributed by atoms with Crippen molar-refractivity contribution < 1.29 is 9.53 Å². The summed E-state index contributed by atoms with van der Waals surface area (Å²) in [5, 5.41) is 8.73. The highest BCUT2D eigenvalue weighted by Gasteiger charge is 2.38. The van der Waals surface area contributed by atoms with Crippen LogP contribution in [0.15, 0.2) is 29.4 Å². The molecule has 1 amide bonds. The third kappa shape index (κ3) is 3.51. The number of thioether (sulfide) groups is 1. The van der Waals surface area contributed by atoms with Crippen LogP contribution in [0.1, 0.15) is 38.2 Å². The van der Waals surface area contributed by atoms with Crippen LogP contribution in [0, 0.1) is 6.92 Å². The molecule has 1 aromatic carbocycles. The molecule has 7 nitrogen and oxygen atoms in total. The van der Waals surface area contributed by atoms with Gasteiger partial charge in [0.05, 0.1) is 12.6 Å². The molecule has 0 radical (unpaired) electrons. The number of hydrogen-bond acceptors (Lipinski definition) is 6. The highest BCUT2D eigenvalue weighted by molar-refractivity contribution is 8.00. The molecule has 0 spiro atoms. The van der Waals surface area contributed by atoms with Crippen molar-refractivity contribution in [1.82, 2.24) is 19.8 Å². The zero-order chi connectivity index (χ0) is 18.7. The van der Waals surface area contributed by atoms with Crippen LogP contribution in [0.3, 0.4) is 0 Å². The number of nitrogens with zero attached hydrogens (tertiary/aromatic N) is 4. The molecule has 2 atom stereocenters. The van der Waals surface area contributed by atoms with E-state index in [1.165, 1.54) is 11.8 Å². The van der Waals surface area contributed by atoms with Gasteiger partial charge in [0, 0.05) is 13.1 Å². The molecule has 1 N–H and O–H groups in total. The standard InChI is InChI=1S/C18H25N5O2S/c1-5-22(6-2)17(24)16-15(13-8-10-14(11-9-13)25-7-3)21-23-12(4)19-20-18(23)26-16/h8-11,15-16,21H,5-7H2,1-4H3/t15-,16+/m1/s1. The Morgan fingerprint density at radius 1 is 1.23 bits per heavy atom. The number of nitrogens with one attached hydrogen (secondary N) is 1. The number of carbonyl (C=O) groups is 1. The second-order valence-electron chi connectivity index (χ2n) is 6.02. The van der Waals surface area contributed by atoms with Gasteiger partial charge in [-0.25, -0.2) is 4.68 Å². The Bertz CT molecular complexity index is 757. The zero-order valence-electron chi connectivity index (χ0n) is 15.6. The average Bonchev–Trinajstić information content (AvgIpc) is 3.03. The Labute approximate surface area is 158 Å². The van der Waals surface area contributed by atoms with Crippen LogP contribution < -0.4 is 10.2 Å². The Morgan fingerprint density at radius 3 is 2.54 bits per heavy atom. The first-order chi connectivity index (χ1) is 12.6. The van der Waals surface area contributed by atoms with Gasteiger partial charge in [-0.15, -0.1) is 10.2 Å². The first-order valence-electron chi connectivity index (χ1n) is 8.95. The van der Waals surface area contributed by atoms with Crippen molar-refractivity contribution >= 4 is 17.7 Å². The van der Waals surface area contributed by atoms with Crippen molar-refractivity contribution in [1.29, 1.82) is 0 Å². The molecule has 0 bridgehead atoms. The van der Waals surface area contributed by atoms with E-state index in [0.29, 0.717) is 19.7 Å². The van der Waals surface area contributed by atoms with Gasteiger partial charge in [0.25, 0.3) is 0 Å². The minimum atomic E-state index is -0.302. The van der Waals surface area contributed by atoms with Gasteiger partial charge in [-0.05, 0) is 45.4 Å². The number of amides is 1. The van der Waals surface area contributed by atoms with E-state index in [2.05, 4.69) is 15.6 Å². The van der Waals surface area contributed by atoms with Gasteiger partial charge in [-0.1, -0.05) is 23.9 Å². The van der Waals surface area contributed by atoms with Crippen LogP contribution in [0.2, 0.25) is 0 Å². The van der Waals surface area contributed by atoms with E-state index in [1.54, 1.807) is 0 Å². The maximum Gasteiger partial charge on any atom is 0.238 e. The molecule has 0 saturated carbocycles. The van der Waals surface area contributed by atoms with Crippen LogP contribution in [-0.4, -0.2) is 50.6 Å². The molecule has 1 aliphatic heterocycles. The lowest BCUT2D eigenvalue weighted by Gasteiger charge is -2.35. The van der Waals surface area contributed by atoms with E-state index >= 15 is 0 Å². The van der Waals surface area contributed by atoms with E-state index in [4.69, 9.17) is 4.74 Å². The smallest absolute Gasteiger partial charge is 0.238 e. The van der Waals surface area contributed by atoms with Crippen molar-refractivity contribution in [2.45, 2.75) is 44.1 Å². The summed E-state index contributed by atoms with van der Waals surface area (Å²) in [6, 6.07) is 7.73.